The van der Waals surface area contributed by atoms with Crippen LogP contribution in [0.1, 0.15) is 0 Å². The fourth-order valence-corrected chi connectivity index (χ4v) is 6.34. The van der Waals surface area contributed by atoms with Gasteiger partial charge in [-0.1, -0.05) is 60.7 Å². The topological polar surface area (TPSA) is 25.8 Å². The summed E-state index contributed by atoms with van der Waals surface area (Å²) in [5.41, 5.74) is 5.47. The lowest BCUT2D eigenvalue weighted by molar-refractivity contribution is 1.23. The van der Waals surface area contributed by atoms with Gasteiger partial charge in [0.05, 0.1) is 11.2 Å². The molecule has 0 aliphatic rings. The number of aromatic nitrogens is 2. The first kappa shape index (κ1) is 20.6. The van der Waals surface area contributed by atoms with Gasteiger partial charge in [-0.25, -0.2) is 9.97 Å². The predicted molar refractivity (Wildman–Crippen MR) is 158 cm³/mol. The highest BCUT2D eigenvalue weighted by atomic mass is 32.1. The number of hydrogen-bond acceptors (Lipinski definition) is 3. The van der Waals surface area contributed by atoms with Gasteiger partial charge >= 0.3 is 0 Å². The van der Waals surface area contributed by atoms with Crippen molar-refractivity contribution in [2.75, 3.05) is 0 Å². The highest BCUT2D eigenvalue weighted by Gasteiger charge is 2.15. The van der Waals surface area contributed by atoms with Crippen molar-refractivity contribution in [3.05, 3.63) is 121 Å². The van der Waals surface area contributed by atoms with E-state index >= 15 is 0 Å². The van der Waals surface area contributed by atoms with E-state index in [9.17, 15) is 0 Å². The summed E-state index contributed by atoms with van der Waals surface area (Å²) in [6.45, 7) is 0. The van der Waals surface area contributed by atoms with Crippen LogP contribution in [0.2, 0.25) is 0 Å². The lowest BCUT2D eigenvalue weighted by atomic mass is 9.91. The Morgan fingerprint density at radius 1 is 0.486 bits per heavy atom. The second kappa shape index (κ2) is 7.95. The lowest BCUT2D eigenvalue weighted by Crippen LogP contribution is -1.92. The van der Waals surface area contributed by atoms with Gasteiger partial charge in [0.25, 0.3) is 0 Å². The van der Waals surface area contributed by atoms with E-state index in [0.717, 1.165) is 22.2 Å². The van der Waals surface area contributed by atoms with E-state index in [2.05, 4.69) is 120 Å². The van der Waals surface area contributed by atoms with Crippen LogP contribution in [-0.2, 0) is 0 Å². The number of benzene rings is 6. The zero-order chi connectivity index (χ0) is 24.3. The third kappa shape index (κ3) is 3.32. The first-order chi connectivity index (χ1) is 18.3. The molecule has 0 spiro atoms. The number of thiophene rings is 1. The van der Waals surface area contributed by atoms with Gasteiger partial charge in [0.15, 0.2) is 0 Å². The van der Waals surface area contributed by atoms with Gasteiger partial charge in [0.1, 0.15) is 6.33 Å². The van der Waals surface area contributed by atoms with Gasteiger partial charge in [-0.2, -0.15) is 0 Å². The second-order valence-corrected chi connectivity index (χ2v) is 10.5. The van der Waals surface area contributed by atoms with Crippen molar-refractivity contribution in [1.29, 1.82) is 0 Å². The van der Waals surface area contributed by atoms with Crippen LogP contribution in [0.25, 0.3) is 75.7 Å². The van der Waals surface area contributed by atoms with Gasteiger partial charge in [0.2, 0.25) is 0 Å². The van der Waals surface area contributed by atoms with Crippen LogP contribution in [0.3, 0.4) is 0 Å². The van der Waals surface area contributed by atoms with Crippen molar-refractivity contribution < 1.29 is 0 Å². The molecule has 8 aromatic rings. The van der Waals surface area contributed by atoms with Gasteiger partial charge in [-0.05, 0) is 103 Å². The Hall–Kier alpha value is -4.60. The molecule has 0 aliphatic heterocycles. The zero-order valence-electron chi connectivity index (χ0n) is 19.8. The molecule has 172 valence electrons. The van der Waals surface area contributed by atoms with E-state index in [1.165, 1.54) is 53.5 Å². The molecule has 0 saturated heterocycles. The maximum atomic E-state index is 4.88. The third-order valence-electron chi connectivity index (χ3n) is 7.37. The van der Waals surface area contributed by atoms with E-state index < -0.39 is 0 Å². The van der Waals surface area contributed by atoms with Crippen LogP contribution in [0, 0.1) is 0 Å². The van der Waals surface area contributed by atoms with E-state index in [1.807, 2.05) is 0 Å². The lowest BCUT2D eigenvalue weighted by Gasteiger charge is -2.14. The summed E-state index contributed by atoms with van der Waals surface area (Å²) in [4.78, 5) is 9.53. The quantitative estimate of drug-likeness (QED) is 0.226. The van der Waals surface area contributed by atoms with Gasteiger partial charge in [0, 0.05) is 15.6 Å². The third-order valence-corrected chi connectivity index (χ3v) is 8.25. The maximum absolute atomic E-state index is 4.88. The molecule has 2 aromatic heterocycles. The van der Waals surface area contributed by atoms with E-state index in [4.69, 9.17) is 4.98 Å². The first-order valence-corrected chi connectivity index (χ1v) is 13.3. The molecular formula is C34H20N2S. The molecule has 0 unspecified atom stereocenters. The smallest absolute Gasteiger partial charge is 0.116 e. The van der Waals surface area contributed by atoms with Crippen molar-refractivity contribution in [2.45, 2.75) is 0 Å². The van der Waals surface area contributed by atoms with Crippen molar-refractivity contribution in [3.8, 4) is 22.4 Å². The average Bonchev–Trinajstić information content (AvgIpc) is 3.42. The standard InChI is InChI=1S/C34H20N2S/c1-2-6-23-15-29-28(13-22(23)5-1)14-27(26-10-9-21-11-12-37-33(21)19-26)17-30(29)34-31-16-24-7-3-4-8-25(24)18-32(31)35-20-36-34/h1-20H. The Labute approximate surface area is 217 Å². The first-order valence-electron chi connectivity index (χ1n) is 12.4. The van der Waals surface area contributed by atoms with Gasteiger partial charge in [-0.3, -0.25) is 0 Å². The summed E-state index contributed by atoms with van der Waals surface area (Å²) in [6, 6.07) is 39.6. The van der Waals surface area contributed by atoms with Crippen molar-refractivity contribution in [2.24, 2.45) is 0 Å². The molecule has 0 amide bonds. The van der Waals surface area contributed by atoms with Crippen molar-refractivity contribution in [3.63, 3.8) is 0 Å². The summed E-state index contributed by atoms with van der Waals surface area (Å²) >= 11 is 1.78. The Morgan fingerprint density at radius 2 is 1.22 bits per heavy atom. The maximum Gasteiger partial charge on any atom is 0.116 e. The molecule has 0 saturated carbocycles. The zero-order valence-corrected chi connectivity index (χ0v) is 20.7. The Kier molecular flexibility index (Phi) is 4.42. The molecule has 0 N–H and O–H groups in total. The van der Waals surface area contributed by atoms with Crippen LogP contribution in [0.4, 0.5) is 0 Å². The summed E-state index contributed by atoms with van der Waals surface area (Å²) in [6.07, 6.45) is 1.70. The average molecular weight is 489 g/mol. The van der Waals surface area contributed by atoms with Gasteiger partial charge in [-0.15, -0.1) is 11.3 Å². The molecule has 37 heavy (non-hydrogen) atoms. The SMILES string of the molecule is c1ccc2cc3c(-c4ncnc5cc6ccccc6cc45)cc(-c4ccc5ccsc5c4)cc3cc2c1. The van der Waals surface area contributed by atoms with Crippen molar-refractivity contribution in [1.82, 2.24) is 9.97 Å². The molecule has 8 rings (SSSR count). The Bertz CT molecular complexity index is 2160. The minimum Gasteiger partial charge on any atom is -0.236 e. The minimum atomic E-state index is 0.961. The molecule has 0 aliphatic carbocycles. The monoisotopic (exact) mass is 488 g/mol. The predicted octanol–water partition coefficient (Wildman–Crippen LogP) is 9.64. The highest BCUT2D eigenvalue weighted by Crippen LogP contribution is 2.39. The van der Waals surface area contributed by atoms with Crippen LogP contribution in [-0.4, -0.2) is 9.97 Å². The Balaban J connectivity index is 1.48. The normalized spacial score (nSPS) is 11.8. The molecule has 0 bridgehead atoms. The highest BCUT2D eigenvalue weighted by molar-refractivity contribution is 7.17. The number of rotatable bonds is 2. The van der Waals surface area contributed by atoms with E-state index in [-0.39, 0.29) is 0 Å². The second-order valence-electron chi connectivity index (χ2n) is 9.56. The van der Waals surface area contributed by atoms with Crippen LogP contribution in [0.15, 0.2) is 121 Å². The fourth-order valence-electron chi connectivity index (χ4n) is 5.51. The Morgan fingerprint density at radius 3 is 2.03 bits per heavy atom. The molecule has 0 atom stereocenters. The van der Waals surface area contributed by atoms with E-state index in [0.29, 0.717) is 0 Å². The number of nitrogens with zero attached hydrogens (tertiary/aromatic N) is 2. The summed E-state index contributed by atoms with van der Waals surface area (Å²) in [5.74, 6) is 0. The molecule has 0 radical (unpaired) electrons. The summed E-state index contributed by atoms with van der Waals surface area (Å²) in [5, 5.41) is 11.8. The van der Waals surface area contributed by atoms with Gasteiger partial charge < -0.3 is 0 Å². The molecule has 0 fully saturated rings. The summed E-state index contributed by atoms with van der Waals surface area (Å²) < 4.78 is 1.30. The van der Waals surface area contributed by atoms with Crippen LogP contribution < -0.4 is 0 Å². The number of hydrogen-bond donors (Lipinski definition) is 0. The number of fused-ring (bicyclic) bond motifs is 5. The molecule has 3 heteroatoms. The van der Waals surface area contributed by atoms with Crippen molar-refractivity contribution >= 4 is 64.6 Å². The van der Waals surface area contributed by atoms with Crippen LogP contribution in [0.5, 0.6) is 0 Å². The molecular weight excluding hydrogens is 468 g/mol. The summed E-state index contributed by atoms with van der Waals surface area (Å²) in [7, 11) is 0. The molecule has 2 nitrogen and oxygen atoms in total. The fraction of sp³-hybridized carbons (Fsp3) is 0. The largest absolute Gasteiger partial charge is 0.236 e. The molecule has 6 aromatic carbocycles. The van der Waals surface area contributed by atoms with E-state index in [1.54, 1.807) is 17.7 Å². The molecule has 2 heterocycles. The van der Waals surface area contributed by atoms with Crippen LogP contribution >= 0.6 is 11.3 Å². The minimum absolute atomic E-state index is 0.961.